The monoisotopic (exact) mass is 126 g/mol. The van der Waals surface area contributed by atoms with Crippen LogP contribution in [0.15, 0.2) is 0 Å². The van der Waals surface area contributed by atoms with Gasteiger partial charge in [-0.25, -0.2) is 0 Å². The van der Waals surface area contributed by atoms with Crippen LogP contribution < -0.4 is 0 Å². The minimum absolute atomic E-state index is 0.958. The third-order valence-electron chi connectivity index (χ3n) is 3.37. The molecule has 0 bridgehead atoms. The Bertz CT molecular complexity index is 84.2. The lowest BCUT2D eigenvalue weighted by Crippen LogP contribution is -2.07. The summed E-state index contributed by atoms with van der Waals surface area (Å²) < 4.78 is 0. The van der Waals surface area contributed by atoms with Gasteiger partial charge in [0.2, 0.25) is 0 Å². The van der Waals surface area contributed by atoms with E-state index in [1.165, 1.54) is 6.42 Å². The van der Waals surface area contributed by atoms with Crippen LogP contribution in [0.5, 0.6) is 0 Å². The Labute approximate surface area is 58.7 Å². The van der Waals surface area contributed by atoms with E-state index < -0.39 is 0 Å². The Morgan fingerprint density at radius 2 is 1.11 bits per heavy atom. The van der Waals surface area contributed by atoms with Crippen LogP contribution in [0.4, 0.5) is 0 Å². The van der Waals surface area contributed by atoms with Gasteiger partial charge in [0.25, 0.3) is 0 Å². The molecule has 0 N–H and O–H groups in total. The van der Waals surface area contributed by atoms with Crippen molar-refractivity contribution in [3.8, 4) is 0 Å². The average molecular weight is 126 g/mol. The fraction of sp³-hybridized carbons (Fsp3) is 1.00. The lowest BCUT2D eigenvalue weighted by molar-refractivity contribution is 0.352. The van der Waals surface area contributed by atoms with Crippen LogP contribution in [0.1, 0.15) is 34.1 Å². The minimum Gasteiger partial charge on any atom is -0.0622 e. The van der Waals surface area contributed by atoms with Crippen molar-refractivity contribution in [3.63, 3.8) is 0 Å². The van der Waals surface area contributed by atoms with Crippen LogP contribution in [0.25, 0.3) is 0 Å². The van der Waals surface area contributed by atoms with Crippen LogP contribution in [-0.4, -0.2) is 0 Å². The lowest BCUT2D eigenvalue weighted by atomic mass is 9.92. The fourth-order valence-corrected chi connectivity index (χ4v) is 2.05. The second-order valence-corrected chi connectivity index (χ2v) is 3.91. The summed E-state index contributed by atoms with van der Waals surface area (Å²) in [6, 6.07) is 0. The molecule has 0 aliphatic heterocycles. The van der Waals surface area contributed by atoms with Crippen LogP contribution in [0.3, 0.4) is 0 Å². The van der Waals surface area contributed by atoms with E-state index in [1.807, 2.05) is 0 Å². The first-order chi connectivity index (χ1) is 4.13. The van der Waals surface area contributed by atoms with Gasteiger partial charge in [0.05, 0.1) is 0 Å². The SMILES string of the molecule is CC1CC(C)C(C)C1C. The van der Waals surface area contributed by atoms with Crippen molar-refractivity contribution in [1.82, 2.24) is 0 Å². The second kappa shape index (κ2) is 2.32. The molecule has 0 radical (unpaired) electrons. The van der Waals surface area contributed by atoms with Gasteiger partial charge in [-0.3, -0.25) is 0 Å². The molecular weight excluding hydrogens is 108 g/mol. The topological polar surface area (TPSA) is 0 Å². The van der Waals surface area contributed by atoms with E-state index in [4.69, 9.17) is 0 Å². The molecule has 0 aromatic rings. The van der Waals surface area contributed by atoms with Crippen molar-refractivity contribution in [2.24, 2.45) is 23.7 Å². The van der Waals surface area contributed by atoms with Crippen molar-refractivity contribution >= 4 is 0 Å². The molecule has 0 aromatic carbocycles. The van der Waals surface area contributed by atoms with E-state index in [9.17, 15) is 0 Å². The second-order valence-electron chi connectivity index (χ2n) is 3.91. The Morgan fingerprint density at radius 3 is 1.22 bits per heavy atom. The van der Waals surface area contributed by atoms with E-state index in [0.717, 1.165) is 23.7 Å². The van der Waals surface area contributed by atoms with Gasteiger partial charge in [-0.2, -0.15) is 0 Å². The maximum atomic E-state index is 2.39. The third kappa shape index (κ3) is 1.12. The summed E-state index contributed by atoms with van der Waals surface area (Å²) in [5.74, 6) is 3.85. The molecule has 54 valence electrons. The normalized spacial score (nSPS) is 52.0. The molecule has 1 fully saturated rings. The molecular formula is C9H18. The van der Waals surface area contributed by atoms with Crippen LogP contribution >= 0.6 is 0 Å². The largest absolute Gasteiger partial charge is 0.0622 e. The fourth-order valence-electron chi connectivity index (χ4n) is 2.05. The molecule has 1 aliphatic rings. The molecule has 0 amide bonds. The van der Waals surface area contributed by atoms with E-state index >= 15 is 0 Å². The number of hydrogen-bond donors (Lipinski definition) is 0. The van der Waals surface area contributed by atoms with E-state index in [1.54, 1.807) is 0 Å². The predicted molar refractivity (Wildman–Crippen MR) is 41.3 cm³/mol. The highest BCUT2D eigenvalue weighted by atomic mass is 14.4. The standard InChI is InChI=1S/C9H18/c1-6-5-7(2)9(4)8(6)3/h6-9H,5H2,1-4H3. The Hall–Kier alpha value is 0. The quantitative estimate of drug-likeness (QED) is 0.468. The van der Waals surface area contributed by atoms with Gasteiger partial charge in [-0.05, 0) is 30.1 Å². The number of rotatable bonds is 0. The van der Waals surface area contributed by atoms with Crippen molar-refractivity contribution in [1.29, 1.82) is 0 Å². The maximum Gasteiger partial charge on any atom is -0.0389 e. The molecule has 9 heavy (non-hydrogen) atoms. The Morgan fingerprint density at radius 1 is 0.778 bits per heavy atom. The smallest absolute Gasteiger partial charge is 0.0389 e. The molecule has 1 aliphatic carbocycles. The molecule has 0 nitrogen and oxygen atoms in total. The summed E-state index contributed by atoms with van der Waals surface area (Å²) in [7, 11) is 0. The highest BCUT2D eigenvalue weighted by Gasteiger charge is 2.31. The molecule has 0 spiro atoms. The first-order valence-corrected chi connectivity index (χ1v) is 4.13. The van der Waals surface area contributed by atoms with Gasteiger partial charge >= 0.3 is 0 Å². The minimum atomic E-state index is 0.958. The predicted octanol–water partition coefficient (Wildman–Crippen LogP) is 2.93. The zero-order valence-electron chi connectivity index (χ0n) is 7.02. The van der Waals surface area contributed by atoms with Gasteiger partial charge in [0, 0.05) is 0 Å². The maximum absolute atomic E-state index is 2.39. The summed E-state index contributed by atoms with van der Waals surface area (Å²) in [6.45, 7) is 9.53. The van der Waals surface area contributed by atoms with Crippen LogP contribution in [0.2, 0.25) is 0 Å². The highest BCUT2D eigenvalue weighted by molar-refractivity contribution is 4.81. The van der Waals surface area contributed by atoms with Crippen LogP contribution in [-0.2, 0) is 0 Å². The molecule has 4 atom stereocenters. The van der Waals surface area contributed by atoms with E-state index in [0.29, 0.717) is 0 Å². The van der Waals surface area contributed by atoms with Crippen molar-refractivity contribution < 1.29 is 0 Å². The number of hydrogen-bond acceptors (Lipinski definition) is 0. The molecule has 1 rings (SSSR count). The molecule has 0 aromatic heterocycles. The van der Waals surface area contributed by atoms with Gasteiger partial charge in [-0.15, -0.1) is 0 Å². The van der Waals surface area contributed by atoms with Crippen molar-refractivity contribution in [2.45, 2.75) is 34.1 Å². The summed E-state index contributed by atoms with van der Waals surface area (Å²) in [5.41, 5.74) is 0. The summed E-state index contributed by atoms with van der Waals surface area (Å²) in [5, 5.41) is 0. The summed E-state index contributed by atoms with van der Waals surface area (Å²) >= 11 is 0. The van der Waals surface area contributed by atoms with E-state index in [-0.39, 0.29) is 0 Å². The van der Waals surface area contributed by atoms with Gasteiger partial charge in [0.15, 0.2) is 0 Å². The third-order valence-corrected chi connectivity index (χ3v) is 3.37. The van der Waals surface area contributed by atoms with Gasteiger partial charge < -0.3 is 0 Å². The summed E-state index contributed by atoms with van der Waals surface area (Å²) in [4.78, 5) is 0. The first kappa shape index (κ1) is 7.11. The van der Waals surface area contributed by atoms with Gasteiger partial charge in [0.1, 0.15) is 0 Å². The molecule has 1 saturated carbocycles. The van der Waals surface area contributed by atoms with Crippen molar-refractivity contribution in [2.75, 3.05) is 0 Å². The Balaban J connectivity index is 2.54. The lowest BCUT2D eigenvalue weighted by Gasteiger charge is -2.14. The molecule has 0 heterocycles. The average Bonchev–Trinajstić information content (AvgIpc) is 1.98. The summed E-state index contributed by atoms with van der Waals surface area (Å²) in [6.07, 6.45) is 1.45. The molecule has 4 unspecified atom stereocenters. The zero-order chi connectivity index (χ0) is 7.02. The van der Waals surface area contributed by atoms with Gasteiger partial charge in [-0.1, -0.05) is 27.7 Å². The van der Waals surface area contributed by atoms with Crippen LogP contribution in [0, 0.1) is 23.7 Å². The Kier molecular flexibility index (Phi) is 1.83. The first-order valence-electron chi connectivity index (χ1n) is 4.13. The zero-order valence-corrected chi connectivity index (χ0v) is 7.02. The molecule has 0 saturated heterocycles. The van der Waals surface area contributed by atoms with E-state index in [2.05, 4.69) is 27.7 Å². The van der Waals surface area contributed by atoms with Crippen molar-refractivity contribution in [3.05, 3.63) is 0 Å². The highest BCUT2D eigenvalue weighted by Crippen LogP contribution is 2.40. The molecule has 0 heteroatoms.